The minimum atomic E-state index is -0.241. The zero-order chi connectivity index (χ0) is 12.3. The third kappa shape index (κ3) is 2.43. The van der Waals surface area contributed by atoms with E-state index >= 15 is 0 Å². The summed E-state index contributed by atoms with van der Waals surface area (Å²) in [6.07, 6.45) is 3.84. The lowest BCUT2D eigenvalue weighted by atomic mass is 10.1. The molecular weight excluding hydrogens is 220 g/mol. The van der Waals surface area contributed by atoms with Gasteiger partial charge in [0.2, 0.25) is 0 Å². The normalized spacial score (nSPS) is 19.1. The number of hydrogen-bond donors (Lipinski definition) is 0. The summed E-state index contributed by atoms with van der Waals surface area (Å²) in [5, 5.41) is 0. The molecule has 1 aromatic heterocycles. The quantitative estimate of drug-likeness (QED) is 0.707. The lowest BCUT2D eigenvalue weighted by Crippen LogP contribution is -2.30. The molecule has 0 saturated carbocycles. The summed E-state index contributed by atoms with van der Waals surface area (Å²) in [5.74, 6) is -0.486. The number of carbonyl (C=O) groups is 2. The van der Waals surface area contributed by atoms with E-state index in [0.29, 0.717) is 25.1 Å². The standard InChI is InChI=1S/C12H14N2O3/c1-17-12(16)10-4-7-14(8-10)11(15)9-2-5-13-6-3-9/h2-3,5-6,10H,4,7-8H2,1H3. The minimum absolute atomic E-state index is 0.0567. The zero-order valence-electron chi connectivity index (χ0n) is 9.63. The Hall–Kier alpha value is -1.91. The van der Waals surface area contributed by atoms with Gasteiger partial charge in [-0.3, -0.25) is 14.6 Å². The van der Waals surface area contributed by atoms with Gasteiger partial charge < -0.3 is 9.64 Å². The summed E-state index contributed by atoms with van der Waals surface area (Å²) < 4.78 is 4.68. The van der Waals surface area contributed by atoms with Gasteiger partial charge in [0, 0.05) is 31.0 Å². The second-order valence-corrected chi connectivity index (χ2v) is 4.00. The molecule has 1 saturated heterocycles. The van der Waals surface area contributed by atoms with Crippen molar-refractivity contribution < 1.29 is 14.3 Å². The number of rotatable bonds is 2. The van der Waals surface area contributed by atoms with E-state index in [0.717, 1.165) is 0 Å². The van der Waals surface area contributed by atoms with Crippen molar-refractivity contribution >= 4 is 11.9 Å². The Morgan fingerprint density at radius 1 is 1.41 bits per heavy atom. The van der Waals surface area contributed by atoms with Crippen LogP contribution in [0.25, 0.3) is 0 Å². The third-order valence-electron chi connectivity index (χ3n) is 2.94. The summed E-state index contributed by atoms with van der Waals surface area (Å²) in [6, 6.07) is 3.35. The van der Waals surface area contributed by atoms with Gasteiger partial charge in [-0.25, -0.2) is 0 Å². The van der Waals surface area contributed by atoms with Gasteiger partial charge in [0.05, 0.1) is 13.0 Å². The highest BCUT2D eigenvalue weighted by Crippen LogP contribution is 2.19. The predicted molar refractivity (Wildman–Crippen MR) is 60.3 cm³/mol. The zero-order valence-corrected chi connectivity index (χ0v) is 9.63. The second kappa shape index (κ2) is 4.95. The largest absolute Gasteiger partial charge is 0.469 e. The van der Waals surface area contributed by atoms with E-state index in [9.17, 15) is 9.59 Å². The first kappa shape index (κ1) is 11.6. The number of ether oxygens (including phenoxy) is 1. The van der Waals surface area contributed by atoms with Gasteiger partial charge in [-0.1, -0.05) is 0 Å². The maximum absolute atomic E-state index is 12.0. The highest BCUT2D eigenvalue weighted by molar-refractivity contribution is 5.94. The first-order valence-corrected chi connectivity index (χ1v) is 5.49. The van der Waals surface area contributed by atoms with Gasteiger partial charge >= 0.3 is 5.97 Å². The van der Waals surface area contributed by atoms with Crippen molar-refractivity contribution in [2.75, 3.05) is 20.2 Å². The molecule has 0 bridgehead atoms. The van der Waals surface area contributed by atoms with Crippen LogP contribution in [0, 0.1) is 5.92 Å². The average molecular weight is 234 g/mol. The molecule has 1 aliphatic rings. The van der Waals surface area contributed by atoms with Crippen molar-refractivity contribution in [1.29, 1.82) is 0 Å². The van der Waals surface area contributed by atoms with Crippen LogP contribution in [-0.2, 0) is 9.53 Å². The number of methoxy groups -OCH3 is 1. The Morgan fingerprint density at radius 3 is 2.76 bits per heavy atom. The van der Waals surface area contributed by atoms with Crippen molar-refractivity contribution in [3.63, 3.8) is 0 Å². The highest BCUT2D eigenvalue weighted by Gasteiger charge is 2.31. The van der Waals surface area contributed by atoms with Crippen molar-refractivity contribution in [2.45, 2.75) is 6.42 Å². The van der Waals surface area contributed by atoms with Crippen LogP contribution in [0.2, 0.25) is 0 Å². The summed E-state index contributed by atoms with van der Waals surface area (Å²) in [4.78, 5) is 28.9. The number of pyridine rings is 1. The fraction of sp³-hybridized carbons (Fsp3) is 0.417. The molecule has 17 heavy (non-hydrogen) atoms. The lowest BCUT2D eigenvalue weighted by Gasteiger charge is -2.15. The molecule has 90 valence electrons. The van der Waals surface area contributed by atoms with E-state index in [1.54, 1.807) is 29.4 Å². The Bertz CT molecular complexity index is 419. The number of aromatic nitrogens is 1. The first-order valence-electron chi connectivity index (χ1n) is 5.49. The molecule has 0 aromatic carbocycles. The minimum Gasteiger partial charge on any atom is -0.469 e. The lowest BCUT2D eigenvalue weighted by molar-refractivity contribution is -0.144. The number of hydrogen-bond acceptors (Lipinski definition) is 4. The molecule has 5 heteroatoms. The number of esters is 1. The summed E-state index contributed by atoms with van der Waals surface area (Å²) in [7, 11) is 1.37. The fourth-order valence-corrected chi connectivity index (χ4v) is 1.98. The first-order chi connectivity index (χ1) is 8.22. The molecule has 0 aliphatic carbocycles. The Balaban J connectivity index is 2.02. The maximum atomic E-state index is 12.0. The molecule has 5 nitrogen and oxygen atoms in total. The second-order valence-electron chi connectivity index (χ2n) is 4.00. The van der Waals surface area contributed by atoms with E-state index in [1.807, 2.05) is 0 Å². The molecule has 0 N–H and O–H groups in total. The van der Waals surface area contributed by atoms with Crippen LogP contribution in [0.3, 0.4) is 0 Å². The number of carbonyl (C=O) groups excluding carboxylic acids is 2. The molecule has 0 radical (unpaired) electrons. The Labute approximate surface area is 99.4 Å². The number of likely N-dealkylation sites (tertiary alicyclic amines) is 1. The van der Waals surface area contributed by atoms with Crippen LogP contribution in [-0.4, -0.2) is 42.0 Å². The topological polar surface area (TPSA) is 59.5 Å². The SMILES string of the molecule is COC(=O)C1CCN(C(=O)c2ccncc2)C1. The van der Waals surface area contributed by atoms with E-state index in [4.69, 9.17) is 0 Å². The van der Waals surface area contributed by atoms with E-state index in [1.165, 1.54) is 7.11 Å². The van der Waals surface area contributed by atoms with Crippen LogP contribution < -0.4 is 0 Å². The van der Waals surface area contributed by atoms with Crippen molar-refractivity contribution in [3.05, 3.63) is 30.1 Å². The maximum Gasteiger partial charge on any atom is 0.310 e. The molecule has 1 fully saturated rings. The van der Waals surface area contributed by atoms with Crippen molar-refractivity contribution in [2.24, 2.45) is 5.92 Å². The molecule has 1 amide bonds. The van der Waals surface area contributed by atoms with Gasteiger partial charge in [0.1, 0.15) is 0 Å². The predicted octanol–water partition coefficient (Wildman–Crippen LogP) is 0.717. The van der Waals surface area contributed by atoms with Gasteiger partial charge in [-0.2, -0.15) is 0 Å². The fourth-order valence-electron chi connectivity index (χ4n) is 1.98. The molecular formula is C12H14N2O3. The molecule has 2 heterocycles. The summed E-state index contributed by atoms with van der Waals surface area (Å²) in [5.41, 5.74) is 0.602. The van der Waals surface area contributed by atoms with Gasteiger partial charge in [0.15, 0.2) is 0 Å². The molecule has 2 rings (SSSR count). The van der Waals surface area contributed by atoms with Crippen molar-refractivity contribution in [3.8, 4) is 0 Å². The Kier molecular flexibility index (Phi) is 3.37. The summed E-state index contributed by atoms with van der Waals surface area (Å²) >= 11 is 0. The van der Waals surface area contributed by atoms with Crippen LogP contribution in [0.15, 0.2) is 24.5 Å². The van der Waals surface area contributed by atoms with Gasteiger partial charge in [0.25, 0.3) is 5.91 Å². The average Bonchev–Trinajstić information content (AvgIpc) is 2.87. The highest BCUT2D eigenvalue weighted by atomic mass is 16.5. The number of nitrogens with zero attached hydrogens (tertiary/aromatic N) is 2. The van der Waals surface area contributed by atoms with E-state index in [-0.39, 0.29) is 17.8 Å². The van der Waals surface area contributed by atoms with Crippen LogP contribution >= 0.6 is 0 Å². The molecule has 1 unspecified atom stereocenters. The molecule has 1 aliphatic heterocycles. The smallest absolute Gasteiger partial charge is 0.310 e. The third-order valence-corrected chi connectivity index (χ3v) is 2.94. The van der Waals surface area contributed by atoms with Crippen molar-refractivity contribution in [1.82, 2.24) is 9.88 Å². The molecule has 0 spiro atoms. The summed E-state index contributed by atoms with van der Waals surface area (Å²) in [6.45, 7) is 1.04. The van der Waals surface area contributed by atoms with E-state index < -0.39 is 0 Å². The van der Waals surface area contributed by atoms with Crippen LogP contribution in [0.5, 0.6) is 0 Å². The number of amides is 1. The van der Waals surface area contributed by atoms with Gasteiger partial charge in [-0.15, -0.1) is 0 Å². The molecule has 1 aromatic rings. The molecule has 1 atom stereocenters. The Morgan fingerprint density at radius 2 is 2.12 bits per heavy atom. The monoisotopic (exact) mass is 234 g/mol. The van der Waals surface area contributed by atoms with Gasteiger partial charge in [-0.05, 0) is 18.6 Å². The van der Waals surface area contributed by atoms with E-state index in [2.05, 4.69) is 9.72 Å². The van der Waals surface area contributed by atoms with Crippen LogP contribution in [0.1, 0.15) is 16.8 Å². The van der Waals surface area contributed by atoms with Crippen LogP contribution in [0.4, 0.5) is 0 Å².